The highest BCUT2D eigenvalue weighted by Gasteiger charge is 2.08. The predicted molar refractivity (Wildman–Crippen MR) is 79.5 cm³/mol. The number of hydrogen-bond donors (Lipinski definition) is 0. The maximum Gasteiger partial charge on any atom is 0.200 e. The molecule has 0 aromatic heterocycles. The highest BCUT2D eigenvalue weighted by molar-refractivity contribution is 7.98. The summed E-state index contributed by atoms with van der Waals surface area (Å²) >= 11 is 7.37. The molecule has 2 aromatic rings. The Balaban J connectivity index is 2.02. The van der Waals surface area contributed by atoms with Crippen molar-refractivity contribution >= 4 is 29.1 Å². The lowest BCUT2D eigenvalue weighted by molar-refractivity contribution is 0.0919. The molecule has 19 heavy (non-hydrogen) atoms. The Kier molecular flexibility index (Phi) is 4.88. The summed E-state index contributed by atoms with van der Waals surface area (Å²) in [6, 6.07) is 14.5. The number of para-hydroxylation sites is 1. The van der Waals surface area contributed by atoms with Crippen molar-refractivity contribution in [2.24, 2.45) is 0 Å². The standard InChI is InChI=1S/C15H13ClO2S/c1-19-15-5-3-2-4-14(15)18-10-13(17)11-6-8-12(16)9-7-11/h2-9H,10H2,1H3. The fourth-order valence-electron chi connectivity index (χ4n) is 1.60. The summed E-state index contributed by atoms with van der Waals surface area (Å²) in [6.07, 6.45) is 1.98. The summed E-state index contributed by atoms with van der Waals surface area (Å²) in [5.74, 6) is 0.671. The molecule has 0 saturated carbocycles. The molecule has 0 fully saturated rings. The number of thioether (sulfide) groups is 1. The van der Waals surface area contributed by atoms with Crippen LogP contribution in [0.25, 0.3) is 0 Å². The highest BCUT2D eigenvalue weighted by Crippen LogP contribution is 2.26. The molecule has 4 heteroatoms. The van der Waals surface area contributed by atoms with Gasteiger partial charge in [0.2, 0.25) is 0 Å². The lowest BCUT2D eigenvalue weighted by Crippen LogP contribution is -2.11. The summed E-state index contributed by atoms with van der Waals surface area (Å²) in [7, 11) is 0. The first-order valence-corrected chi connectivity index (χ1v) is 7.35. The van der Waals surface area contributed by atoms with Gasteiger partial charge in [-0.1, -0.05) is 23.7 Å². The molecule has 0 amide bonds. The predicted octanol–water partition coefficient (Wildman–Crippen LogP) is 4.32. The van der Waals surface area contributed by atoms with Gasteiger partial charge in [0.15, 0.2) is 12.4 Å². The molecular weight excluding hydrogens is 280 g/mol. The number of ether oxygens (including phenoxy) is 1. The second-order valence-corrected chi connectivity index (χ2v) is 5.15. The first-order valence-electron chi connectivity index (χ1n) is 5.75. The molecule has 0 bridgehead atoms. The Hall–Kier alpha value is -1.45. The van der Waals surface area contributed by atoms with Gasteiger partial charge in [0.05, 0.1) is 0 Å². The number of halogens is 1. The van der Waals surface area contributed by atoms with E-state index in [0.29, 0.717) is 10.6 Å². The molecule has 0 heterocycles. The molecule has 0 N–H and O–H groups in total. The van der Waals surface area contributed by atoms with E-state index >= 15 is 0 Å². The minimum absolute atomic E-state index is 0.0270. The largest absolute Gasteiger partial charge is 0.484 e. The Morgan fingerprint density at radius 3 is 2.53 bits per heavy atom. The van der Waals surface area contributed by atoms with Crippen molar-refractivity contribution in [2.75, 3.05) is 12.9 Å². The van der Waals surface area contributed by atoms with E-state index in [1.165, 1.54) is 0 Å². The summed E-state index contributed by atoms with van der Waals surface area (Å²) in [6.45, 7) is 0.0270. The topological polar surface area (TPSA) is 26.3 Å². The molecule has 0 spiro atoms. The summed E-state index contributed by atoms with van der Waals surface area (Å²) < 4.78 is 5.57. The number of benzene rings is 2. The van der Waals surface area contributed by atoms with Gasteiger partial charge in [-0.2, -0.15) is 0 Å². The smallest absolute Gasteiger partial charge is 0.200 e. The first kappa shape index (κ1) is 14.0. The summed E-state index contributed by atoms with van der Waals surface area (Å²) in [4.78, 5) is 13.0. The van der Waals surface area contributed by atoms with Crippen molar-refractivity contribution < 1.29 is 9.53 Å². The fourth-order valence-corrected chi connectivity index (χ4v) is 2.27. The van der Waals surface area contributed by atoms with Crippen molar-refractivity contribution in [1.82, 2.24) is 0 Å². The molecule has 98 valence electrons. The Labute approximate surface area is 121 Å². The quantitative estimate of drug-likeness (QED) is 0.606. The van der Waals surface area contributed by atoms with Crippen molar-refractivity contribution in [3.05, 3.63) is 59.1 Å². The van der Waals surface area contributed by atoms with E-state index < -0.39 is 0 Å². The van der Waals surface area contributed by atoms with Gasteiger partial charge < -0.3 is 4.74 Å². The van der Waals surface area contributed by atoms with Gasteiger partial charge >= 0.3 is 0 Å². The maximum absolute atomic E-state index is 12.0. The van der Waals surface area contributed by atoms with Crippen LogP contribution in [0, 0.1) is 0 Å². The SMILES string of the molecule is CSc1ccccc1OCC(=O)c1ccc(Cl)cc1. The molecule has 0 atom stereocenters. The van der Waals surface area contributed by atoms with Crippen molar-refractivity contribution in [3.63, 3.8) is 0 Å². The molecule has 0 aliphatic carbocycles. The highest BCUT2D eigenvalue weighted by atomic mass is 35.5. The van der Waals surface area contributed by atoms with E-state index in [2.05, 4.69) is 0 Å². The number of ketones is 1. The van der Waals surface area contributed by atoms with E-state index in [-0.39, 0.29) is 12.4 Å². The maximum atomic E-state index is 12.0. The van der Waals surface area contributed by atoms with Gasteiger partial charge in [0, 0.05) is 15.5 Å². The van der Waals surface area contributed by atoms with Crippen LogP contribution in [-0.4, -0.2) is 18.6 Å². The molecular formula is C15H13ClO2S. The second-order valence-electron chi connectivity index (χ2n) is 3.87. The molecule has 2 aromatic carbocycles. The van der Waals surface area contributed by atoms with Crippen LogP contribution in [-0.2, 0) is 0 Å². The van der Waals surface area contributed by atoms with Crippen LogP contribution in [0.2, 0.25) is 5.02 Å². The minimum Gasteiger partial charge on any atom is -0.484 e. The first-order chi connectivity index (χ1) is 9.20. The van der Waals surface area contributed by atoms with Crippen molar-refractivity contribution in [2.45, 2.75) is 4.90 Å². The molecule has 2 nitrogen and oxygen atoms in total. The van der Waals surface area contributed by atoms with E-state index in [0.717, 1.165) is 10.6 Å². The van der Waals surface area contributed by atoms with Gasteiger partial charge in [0.25, 0.3) is 0 Å². The molecule has 2 rings (SSSR count). The van der Waals surface area contributed by atoms with Crippen LogP contribution in [0.3, 0.4) is 0 Å². The fraction of sp³-hybridized carbons (Fsp3) is 0.133. The molecule has 0 aliphatic rings. The third-order valence-electron chi connectivity index (χ3n) is 2.59. The monoisotopic (exact) mass is 292 g/mol. The molecule has 0 unspecified atom stereocenters. The zero-order valence-corrected chi connectivity index (χ0v) is 12.0. The number of hydrogen-bond acceptors (Lipinski definition) is 3. The normalized spacial score (nSPS) is 10.2. The zero-order chi connectivity index (χ0) is 13.7. The third-order valence-corrected chi connectivity index (χ3v) is 3.62. The number of carbonyl (C=O) groups excluding carboxylic acids is 1. The van der Waals surface area contributed by atoms with Crippen LogP contribution in [0.4, 0.5) is 0 Å². The van der Waals surface area contributed by atoms with E-state index in [1.54, 1.807) is 36.0 Å². The van der Waals surface area contributed by atoms with E-state index in [9.17, 15) is 4.79 Å². The Morgan fingerprint density at radius 1 is 1.16 bits per heavy atom. The van der Waals surface area contributed by atoms with Crippen LogP contribution in [0.5, 0.6) is 5.75 Å². The molecule has 0 radical (unpaired) electrons. The zero-order valence-electron chi connectivity index (χ0n) is 10.4. The lowest BCUT2D eigenvalue weighted by Gasteiger charge is -2.09. The second kappa shape index (κ2) is 6.64. The van der Waals surface area contributed by atoms with Gasteiger partial charge in [-0.05, 0) is 42.7 Å². The van der Waals surface area contributed by atoms with Crippen LogP contribution < -0.4 is 4.74 Å². The summed E-state index contributed by atoms with van der Waals surface area (Å²) in [5.41, 5.74) is 0.603. The average molecular weight is 293 g/mol. The Morgan fingerprint density at radius 2 is 1.84 bits per heavy atom. The Bertz CT molecular complexity index is 567. The number of Topliss-reactive ketones (excluding diaryl/α,β-unsaturated/α-hetero) is 1. The van der Waals surface area contributed by atoms with Crippen LogP contribution in [0.15, 0.2) is 53.4 Å². The average Bonchev–Trinajstić information content (AvgIpc) is 2.45. The van der Waals surface area contributed by atoms with Crippen molar-refractivity contribution in [1.29, 1.82) is 0 Å². The van der Waals surface area contributed by atoms with Gasteiger partial charge in [-0.3, -0.25) is 4.79 Å². The van der Waals surface area contributed by atoms with Crippen molar-refractivity contribution in [3.8, 4) is 5.75 Å². The minimum atomic E-state index is -0.0624. The van der Waals surface area contributed by atoms with Gasteiger partial charge in [0.1, 0.15) is 5.75 Å². The van der Waals surface area contributed by atoms with Gasteiger partial charge in [-0.15, -0.1) is 11.8 Å². The van der Waals surface area contributed by atoms with Crippen LogP contribution in [0.1, 0.15) is 10.4 Å². The molecule has 0 saturated heterocycles. The number of rotatable bonds is 5. The van der Waals surface area contributed by atoms with Gasteiger partial charge in [-0.25, -0.2) is 0 Å². The van der Waals surface area contributed by atoms with Crippen LogP contribution >= 0.6 is 23.4 Å². The third kappa shape index (κ3) is 3.75. The lowest BCUT2D eigenvalue weighted by atomic mass is 10.1. The number of carbonyl (C=O) groups is 1. The van der Waals surface area contributed by atoms with E-state index in [4.69, 9.17) is 16.3 Å². The van der Waals surface area contributed by atoms with E-state index in [1.807, 2.05) is 30.5 Å². The molecule has 0 aliphatic heterocycles. The summed E-state index contributed by atoms with van der Waals surface area (Å²) in [5, 5.41) is 0.616.